The number of hydrogen-bond acceptors (Lipinski definition) is 4. The zero-order valence-corrected chi connectivity index (χ0v) is 28.4. The fourth-order valence-electron chi connectivity index (χ4n) is 9.22. The van der Waals surface area contributed by atoms with Crippen LogP contribution in [-0.2, 0) is 5.41 Å². The van der Waals surface area contributed by atoms with Crippen LogP contribution in [-0.4, -0.2) is 0 Å². The van der Waals surface area contributed by atoms with Gasteiger partial charge in [0.1, 0.15) is 11.2 Å². The number of para-hydroxylation sites is 2. The first-order chi connectivity index (χ1) is 26.3. The van der Waals surface area contributed by atoms with Crippen LogP contribution in [0.2, 0.25) is 0 Å². The standard InChI is InChI=1S/C49H29NO3/c1-2-12-30(13-3-1)50(31-22-25-43-37(28-31)35-16-7-11-21-42(35)51-43)32-23-26-44-46(29-32)53-48-45(52-44)27-24-41-47(48)36-17-6-10-20-40(36)49(41)38-18-8-4-14-33(38)34-15-5-9-19-39(34)49/h1-29H. The molecule has 0 amide bonds. The van der Waals surface area contributed by atoms with Crippen LogP contribution >= 0.6 is 0 Å². The topological polar surface area (TPSA) is 34.8 Å². The van der Waals surface area contributed by atoms with Crippen molar-refractivity contribution in [2.75, 3.05) is 4.90 Å². The van der Waals surface area contributed by atoms with Gasteiger partial charge >= 0.3 is 0 Å². The number of anilines is 3. The molecule has 2 heterocycles. The van der Waals surface area contributed by atoms with Crippen LogP contribution in [0.15, 0.2) is 180 Å². The first-order valence-electron chi connectivity index (χ1n) is 18.0. The number of fused-ring (bicyclic) bond motifs is 16. The molecular weight excluding hydrogens is 651 g/mol. The van der Waals surface area contributed by atoms with Crippen LogP contribution in [0.25, 0.3) is 44.2 Å². The van der Waals surface area contributed by atoms with Gasteiger partial charge in [-0.2, -0.15) is 0 Å². The van der Waals surface area contributed by atoms with Crippen LogP contribution in [0.5, 0.6) is 23.0 Å². The van der Waals surface area contributed by atoms with E-state index in [0.29, 0.717) is 17.2 Å². The van der Waals surface area contributed by atoms with Crippen molar-refractivity contribution in [3.63, 3.8) is 0 Å². The van der Waals surface area contributed by atoms with Gasteiger partial charge in [0.25, 0.3) is 0 Å². The molecule has 0 atom stereocenters. The summed E-state index contributed by atoms with van der Waals surface area (Å²) in [5.41, 5.74) is 14.2. The summed E-state index contributed by atoms with van der Waals surface area (Å²) < 4.78 is 19.9. The summed E-state index contributed by atoms with van der Waals surface area (Å²) in [6, 6.07) is 62.1. The van der Waals surface area contributed by atoms with Crippen LogP contribution in [0.1, 0.15) is 22.3 Å². The second-order valence-electron chi connectivity index (χ2n) is 14.0. The summed E-state index contributed by atoms with van der Waals surface area (Å²) in [5.74, 6) is 2.82. The third-order valence-electron chi connectivity index (χ3n) is 11.3. The highest BCUT2D eigenvalue weighted by Gasteiger charge is 2.53. The quantitative estimate of drug-likeness (QED) is 0.186. The van der Waals surface area contributed by atoms with Crippen LogP contribution < -0.4 is 14.4 Å². The third kappa shape index (κ3) is 3.79. The Bertz CT molecular complexity index is 2930. The van der Waals surface area contributed by atoms with Crippen molar-refractivity contribution in [3.8, 4) is 45.3 Å². The highest BCUT2D eigenvalue weighted by atomic mass is 16.6. The summed E-state index contributed by atoms with van der Waals surface area (Å²) in [4.78, 5) is 2.26. The molecule has 0 radical (unpaired) electrons. The van der Waals surface area contributed by atoms with Gasteiger partial charge in [-0.05, 0) is 93.5 Å². The van der Waals surface area contributed by atoms with E-state index in [1.807, 2.05) is 24.3 Å². The molecule has 1 aromatic heterocycles. The molecule has 0 bridgehead atoms. The number of hydrogen-bond donors (Lipinski definition) is 0. The normalized spacial score (nSPS) is 13.7. The van der Waals surface area contributed by atoms with E-state index in [1.165, 1.54) is 38.9 Å². The fraction of sp³-hybridized carbons (Fsp3) is 0.0204. The molecule has 248 valence electrons. The Labute approximate surface area is 305 Å². The van der Waals surface area contributed by atoms with Crippen molar-refractivity contribution in [1.29, 1.82) is 0 Å². The van der Waals surface area contributed by atoms with Gasteiger partial charge in [-0.25, -0.2) is 0 Å². The van der Waals surface area contributed by atoms with E-state index in [-0.39, 0.29) is 0 Å². The molecule has 2 aliphatic carbocycles. The van der Waals surface area contributed by atoms with Gasteiger partial charge in [0.05, 0.1) is 11.1 Å². The molecule has 1 spiro atoms. The lowest BCUT2D eigenvalue weighted by Gasteiger charge is -2.31. The number of rotatable bonds is 3. The maximum Gasteiger partial charge on any atom is 0.178 e. The Morgan fingerprint density at radius 1 is 0.377 bits per heavy atom. The van der Waals surface area contributed by atoms with Gasteiger partial charge < -0.3 is 18.8 Å². The van der Waals surface area contributed by atoms with E-state index in [2.05, 4.69) is 157 Å². The lowest BCUT2D eigenvalue weighted by molar-refractivity contribution is 0.360. The molecule has 0 fully saturated rings. The van der Waals surface area contributed by atoms with Gasteiger partial charge in [0, 0.05) is 33.8 Å². The Morgan fingerprint density at radius 2 is 0.981 bits per heavy atom. The Morgan fingerprint density at radius 3 is 1.77 bits per heavy atom. The van der Waals surface area contributed by atoms with Crippen molar-refractivity contribution in [2.45, 2.75) is 5.41 Å². The predicted molar refractivity (Wildman–Crippen MR) is 211 cm³/mol. The van der Waals surface area contributed by atoms with Crippen LogP contribution in [0, 0.1) is 0 Å². The second kappa shape index (κ2) is 10.5. The Kier molecular flexibility index (Phi) is 5.67. The van der Waals surface area contributed by atoms with Crippen molar-refractivity contribution >= 4 is 39.0 Å². The Hall–Kier alpha value is -7.04. The molecule has 0 saturated carbocycles. The van der Waals surface area contributed by atoms with Crippen LogP contribution in [0.4, 0.5) is 17.1 Å². The molecule has 53 heavy (non-hydrogen) atoms. The highest BCUT2D eigenvalue weighted by molar-refractivity contribution is 6.06. The molecule has 3 aliphatic rings. The van der Waals surface area contributed by atoms with Gasteiger partial charge in [-0.3, -0.25) is 0 Å². The van der Waals surface area contributed by atoms with Crippen molar-refractivity contribution < 1.29 is 13.9 Å². The zero-order chi connectivity index (χ0) is 34.7. The van der Waals surface area contributed by atoms with E-state index < -0.39 is 5.41 Å². The second-order valence-corrected chi connectivity index (χ2v) is 14.0. The van der Waals surface area contributed by atoms with E-state index in [1.54, 1.807) is 0 Å². The van der Waals surface area contributed by atoms with Gasteiger partial charge in [-0.1, -0.05) is 115 Å². The number of furan rings is 1. The molecule has 4 heteroatoms. The summed E-state index contributed by atoms with van der Waals surface area (Å²) in [5, 5.41) is 2.17. The van der Waals surface area contributed by atoms with Crippen molar-refractivity contribution in [3.05, 3.63) is 198 Å². The maximum atomic E-state index is 7.07. The minimum absolute atomic E-state index is 0.459. The number of benzene rings is 8. The lowest BCUT2D eigenvalue weighted by atomic mass is 9.70. The average Bonchev–Trinajstić information content (AvgIpc) is 3.85. The fourth-order valence-corrected chi connectivity index (χ4v) is 9.22. The van der Waals surface area contributed by atoms with Crippen molar-refractivity contribution in [1.82, 2.24) is 0 Å². The molecule has 8 aromatic carbocycles. The average molecular weight is 680 g/mol. The first-order valence-corrected chi connectivity index (χ1v) is 18.0. The minimum atomic E-state index is -0.459. The number of nitrogens with zero attached hydrogens (tertiary/aromatic N) is 1. The van der Waals surface area contributed by atoms with Gasteiger partial charge in [0.15, 0.2) is 23.0 Å². The summed E-state index contributed by atoms with van der Waals surface area (Å²) in [7, 11) is 0. The molecule has 12 rings (SSSR count). The van der Waals surface area contributed by atoms with E-state index >= 15 is 0 Å². The summed E-state index contributed by atoms with van der Waals surface area (Å²) in [6.07, 6.45) is 0. The first kappa shape index (κ1) is 28.6. The van der Waals surface area contributed by atoms with Gasteiger partial charge in [-0.15, -0.1) is 0 Å². The van der Waals surface area contributed by atoms with Crippen LogP contribution in [0.3, 0.4) is 0 Å². The highest BCUT2D eigenvalue weighted by Crippen LogP contribution is 2.66. The molecule has 0 unspecified atom stereocenters. The third-order valence-corrected chi connectivity index (χ3v) is 11.3. The largest absolute Gasteiger partial charge is 0.456 e. The molecule has 9 aromatic rings. The molecule has 0 N–H and O–H groups in total. The van der Waals surface area contributed by atoms with E-state index in [0.717, 1.165) is 50.3 Å². The SMILES string of the molecule is c1ccc(N(c2ccc3c(c2)Oc2c(ccc4c2-c2ccccc2C42c4ccccc4-c4ccccc42)O3)c2ccc3oc4ccccc4c3c2)cc1. The Balaban J connectivity index is 1.03. The molecule has 1 aliphatic heterocycles. The monoisotopic (exact) mass is 679 g/mol. The lowest BCUT2D eigenvalue weighted by Crippen LogP contribution is -2.25. The zero-order valence-electron chi connectivity index (χ0n) is 28.4. The molecular formula is C49H29NO3. The summed E-state index contributed by atoms with van der Waals surface area (Å²) >= 11 is 0. The smallest absolute Gasteiger partial charge is 0.178 e. The van der Waals surface area contributed by atoms with Gasteiger partial charge in [0.2, 0.25) is 0 Å². The predicted octanol–water partition coefficient (Wildman–Crippen LogP) is 13.3. The number of ether oxygens (including phenoxy) is 2. The summed E-state index contributed by atoms with van der Waals surface area (Å²) in [6.45, 7) is 0. The molecule has 4 nitrogen and oxygen atoms in total. The van der Waals surface area contributed by atoms with Crippen molar-refractivity contribution in [2.24, 2.45) is 0 Å². The van der Waals surface area contributed by atoms with E-state index in [4.69, 9.17) is 13.9 Å². The van der Waals surface area contributed by atoms with E-state index in [9.17, 15) is 0 Å². The molecule has 0 saturated heterocycles. The minimum Gasteiger partial charge on any atom is -0.456 e. The maximum absolute atomic E-state index is 7.07.